The SMILES string of the molecule is C[C@H](c1cc(C(F)(F)F)c2cn(C3CCCC(C4(CC5NNCN5C)COC4)C3)c(=O)n2c1)N1CCC(F)CC1. The number of hydrazine groups is 1. The zero-order chi connectivity index (χ0) is 28.2. The average molecular weight is 569 g/mol. The fraction of sp³-hybridized carbons (Fsp3) is 0.750. The Morgan fingerprint density at radius 1 is 1.15 bits per heavy atom. The molecule has 3 aliphatic heterocycles. The van der Waals surface area contributed by atoms with E-state index < -0.39 is 23.6 Å². The highest BCUT2D eigenvalue weighted by Crippen LogP contribution is 2.49. The zero-order valence-corrected chi connectivity index (χ0v) is 23.2. The summed E-state index contributed by atoms with van der Waals surface area (Å²) in [5.41, 5.74) is 5.59. The van der Waals surface area contributed by atoms with Crippen molar-refractivity contribution in [1.82, 2.24) is 29.6 Å². The van der Waals surface area contributed by atoms with Gasteiger partial charge in [0.1, 0.15) is 6.17 Å². The van der Waals surface area contributed by atoms with Crippen LogP contribution in [0, 0.1) is 11.3 Å². The minimum atomic E-state index is -4.61. The minimum Gasteiger partial charge on any atom is -0.380 e. The minimum absolute atomic E-state index is 0.00776. The molecule has 0 radical (unpaired) electrons. The van der Waals surface area contributed by atoms with Crippen LogP contribution in [0.1, 0.15) is 75.1 Å². The van der Waals surface area contributed by atoms with Crippen LogP contribution in [0.15, 0.2) is 23.3 Å². The largest absolute Gasteiger partial charge is 0.418 e. The molecule has 4 atom stereocenters. The molecule has 1 saturated carbocycles. The number of nitrogens with zero attached hydrogens (tertiary/aromatic N) is 4. The molecule has 5 heterocycles. The number of nitrogens with one attached hydrogen (secondary N) is 2. The van der Waals surface area contributed by atoms with Crippen molar-refractivity contribution in [2.24, 2.45) is 11.3 Å². The molecule has 3 unspecified atom stereocenters. The fourth-order valence-electron chi connectivity index (χ4n) is 7.37. The van der Waals surface area contributed by atoms with Gasteiger partial charge in [-0.05, 0) is 70.0 Å². The van der Waals surface area contributed by atoms with Crippen LogP contribution in [-0.2, 0) is 10.9 Å². The molecule has 3 saturated heterocycles. The number of likely N-dealkylation sites (tertiary alicyclic amines) is 1. The van der Waals surface area contributed by atoms with E-state index in [2.05, 4.69) is 22.8 Å². The first kappa shape index (κ1) is 28.1. The molecular formula is C28H40F4N6O2. The molecule has 0 spiro atoms. The Kier molecular flexibility index (Phi) is 7.52. The number of aromatic nitrogens is 2. The van der Waals surface area contributed by atoms with Crippen molar-refractivity contribution < 1.29 is 22.3 Å². The van der Waals surface area contributed by atoms with E-state index in [4.69, 9.17) is 4.74 Å². The fourth-order valence-corrected chi connectivity index (χ4v) is 7.37. The standard InChI is InChI=1S/C28H40F4N6O2/c1-18(36-8-6-21(29)7-9-36)19-10-23(28(30,31)32)24-14-37(26(39)38(24)13-19)22-5-3-4-20(11-22)27(15-40-16-27)12-25-34-33-17-35(25)2/h10,13-14,18,20-22,25,33-34H,3-9,11-12,15-17H2,1-2H3/t18-,20?,22?,25?/m1/s1. The number of piperidine rings is 1. The van der Waals surface area contributed by atoms with Crippen molar-refractivity contribution in [3.63, 3.8) is 0 Å². The molecule has 0 aromatic carbocycles. The molecule has 2 aromatic rings. The van der Waals surface area contributed by atoms with E-state index in [0.29, 0.717) is 50.6 Å². The van der Waals surface area contributed by atoms with Gasteiger partial charge in [-0.1, -0.05) is 6.42 Å². The van der Waals surface area contributed by atoms with Gasteiger partial charge in [0.2, 0.25) is 0 Å². The molecule has 2 N–H and O–H groups in total. The number of fused-ring (bicyclic) bond motifs is 1. The van der Waals surface area contributed by atoms with Gasteiger partial charge in [0, 0.05) is 43.0 Å². The summed E-state index contributed by atoms with van der Waals surface area (Å²) in [6, 6.07) is 0.651. The van der Waals surface area contributed by atoms with Crippen LogP contribution in [0.2, 0.25) is 0 Å². The van der Waals surface area contributed by atoms with Crippen LogP contribution in [0.4, 0.5) is 17.6 Å². The lowest BCUT2D eigenvalue weighted by Crippen LogP contribution is -2.54. The maximum atomic E-state index is 14.3. The number of hydrogen-bond acceptors (Lipinski definition) is 6. The van der Waals surface area contributed by atoms with Crippen LogP contribution in [0.25, 0.3) is 5.52 Å². The maximum absolute atomic E-state index is 14.3. The quantitative estimate of drug-likeness (QED) is 0.513. The lowest BCUT2D eigenvalue weighted by molar-refractivity contribution is -0.167. The van der Waals surface area contributed by atoms with Gasteiger partial charge in [-0.15, -0.1) is 0 Å². The monoisotopic (exact) mass is 568 g/mol. The summed E-state index contributed by atoms with van der Waals surface area (Å²) in [5, 5.41) is 0. The Morgan fingerprint density at radius 3 is 2.52 bits per heavy atom. The van der Waals surface area contributed by atoms with E-state index in [-0.39, 0.29) is 29.2 Å². The summed E-state index contributed by atoms with van der Waals surface area (Å²) in [6.07, 6.45) is 2.79. The highest BCUT2D eigenvalue weighted by atomic mass is 19.4. The van der Waals surface area contributed by atoms with E-state index in [1.165, 1.54) is 16.7 Å². The Balaban J connectivity index is 1.30. The number of halogens is 4. The van der Waals surface area contributed by atoms with Crippen LogP contribution >= 0.6 is 0 Å². The van der Waals surface area contributed by atoms with Gasteiger partial charge < -0.3 is 4.74 Å². The maximum Gasteiger partial charge on any atom is 0.418 e. The number of imidazole rings is 1. The molecule has 0 amide bonds. The van der Waals surface area contributed by atoms with Gasteiger partial charge >= 0.3 is 11.9 Å². The smallest absolute Gasteiger partial charge is 0.380 e. The molecule has 40 heavy (non-hydrogen) atoms. The highest BCUT2D eigenvalue weighted by Gasteiger charge is 2.49. The van der Waals surface area contributed by atoms with E-state index in [0.717, 1.165) is 38.8 Å². The molecule has 12 heteroatoms. The lowest BCUT2D eigenvalue weighted by atomic mass is 9.64. The Hall–Kier alpha value is -1.99. The second-order valence-electron chi connectivity index (χ2n) is 12.5. The van der Waals surface area contributed by atoms with Crippen molar-refractivity contribution in [2.75, 3.05) is 40.0 Å². The van der Waals surface area contributed by atoms with Crippen LogP contribution in [-0.4, -0.2) is 71.1 Å². The lowest BCUT2D eigenvalue weighted by Gasteiger charge is -2.51. The molecule has 1 aliphatic carbocycles. The zero-order valence-electron chi connectivity index (χ0n) is 23.2. The number of ether oxygens (including phenoxy) is 1. The Morgan fingerprint density at radius 2 is 1.90 bits per heavy atom. The van der Waals surface area contributed by atoms with Crippen LogP contribution in [0.3, 0.4) is 0 Å². The van der Waals surface area contributed by atoms with Gasteiger partial charge in [0.25, 0.3) is 0 Å². The van der Waals surface area contributed by atoms with Crippen molar-refractivity contribution >= 4 is 5.52 Å². The third kappa shape index (κ3) is 5.10. The summed E-state index contributed by atoms with van der Waals surface area (Å²) >= 11 is 0. The number of pyridine rings is 1. The number of hydrogen-bond donors (Lipinski definition) is 2. The van der Waals surface area contributed by atoms with Gasteiger partial charge in [-0.2, -0.15) is 13.2 Å². The van der Waals surface area contributed by atoms with E-state index in [1.54, 1.807) is 10.8 Å². The summed E-state index contributed by atoms with van der Waals surface area (Å²) in [4.78, 5) is 17.9. The van der Waals surface area contributed by atoms with Crippen molar-refractivity contribution in [3.05, 3.63) is 40.1 Å². The van der Waals surface area contributed by atoms with Crippen LogP contribution in [0.5, 0.6) is 0 Å². The van der Waals surface area contributed by atoms with Gasteiger partial charge in [0.05, 0.1) is 37.1 Å². The average Bonchev–Trinajstić information content (AvgIpc) is 3.47. The predicted molar refractivity (Wildman–Crippen MR) is 142 cm³/mol. The summed E-state index contributed by atoms with van der Waals surface area (Å²) in [7, 11) is 2.07. The summed E-state index contributed by atoms with van der Waals surface area (Å²) in [6.45, 7) is 4.89. The first-order chi connectivity index (χ1) is 19.1. The third-order valence-corrected chi connectivity index (χ3v) is 10.0. The second-order valence-corrected chi connectivity index (χ2v) is 12.5. The predicted octanol–water partition coefficient (Wildman–Crippen LogP) is 4.08. The normalized spacial score (nSPS) is 29.6. The molecular weight excluding hydrogens is 528 g/mol. The molecule has 4 aliphatic rings. The molecule has 0 bridgehead atoms. The first-order valence-electron chi connectivity index (χ1n) is 14.5. The molecule has 4 fully saturated rings. The van der Waals surface area contributed by atoms with Crippen molar-refractivity contribution in [2.45, 2.75) is 82.5 Å². The summed E-state index contributed by atoms with van der Waals surface area (Å²) in [5.74, 6) is 0.321. The highest BCUT2D eigenvalue weighted by molar-refractivity contribution is 5.56. The molecule has 2 aromatic heterocycles. The van der Waals surface area contributed by atoms with E-state index >= 15 is 0 Å². The Labute approximate surface area is 231 Å². The van der Waals surface area contributed by atoms with Gasteiger partial charge in [-0.3, -0.25) is 18.8 Å². The molecule has 8 nitrogen and oxygen atoms in total. The summed E-state index contributed by atoms with van der Waals surface area (Å²) < 4.78 is 65.1. The van der Waals surface area contributed by atoms with Crippen LogP contribution < -0.4 is 16.5 Å². The Bertz CT molecular complexity index is 1270. The molecule has 222 valence electrons. The van der Waals surface area contributed by atoms with E-state index in [9.17, 15) is 22.4 Å². The van der Waals surface area contributed by atoms with Crippen molar-refractivity contribution in [1.29, 1.82) is 0 Å². The number of alkyl halides is 4. The van der Waals surface area contributed by atoms with E-state index in [1.807, 2.05) is 11.8 Å². The number of rotatable bonds is 6. The van der Waals surface area contributed by atoms with Crippen molar-refractivity contribution in [3.8, 4) is 0 Å². The first-order valence-corrected chi connectivity index (χ1v) is 14.5. The van der Waals surface area contributed by atoms with Gasteiger partial charge in [0.15, 0.2) is 0 Å². The topological polar surface area (TPSA) is 66.2 Å². The third-order valence-electron chi connectivity index (χ3n) is 10.0. The second kappa shape index (κ2) is 10.7. The molecule has 6 rings (SSSR count). The van der Waals surface area contributed by atoms with Gasteiger partial charge in [-0.25, -0.2) is 20.0 Å².